The summed E-state index contributed by atoms with van der Waals surface area (Å²) in [5.41, 5.74) is 8.29. The largest absolute Gasteiger partial charge is 0.381 e. The molecule has 1 aliphatic carbocycles. The van der Waals surface area contributed by atoms with Crippen LogP contribution in [0, 0.1) is 29.9 Å². The van der Waals surface area contributed by atoms with E-state index in [1.807, 2.05) is 11.0 Å². The molecule has 2 aromatic heterocycles. The van der Waals surface area contributed by atoms with Crippen molar-refractivity contribution in [3.8, 4) is 22.4 Å². The second kappa shape index (κ2) is 12.3. The van der Waals surface area contributed by atoms with E-state index < -0.39 is 0 Å². The highest BCUT2D eigenvalue weighted by Crippen LogP contribution is 2.32. The molecule has 6 rings (SSSR count). The first-order valence-electron chi connectivity index (χ1n) is 15.2. The number of hydrogen-bond acceptors (Lipinski definition) is 6. The van der Waals surface area contributed by atoms with Crippen LogP contribution < -0.4 is 0 Å². The van der Waals surface area contributed by atoms with Crippen LogP contribution in [0.1, 0.15) is 42.5 Å². The number of aromatic nitrogens is 2. The molecule has 9 nitrogen and oxygen atoms in total. The molecule has 2 atom stereocenters. The number of ether oxygens (including phenoxy) is 1. The number of imidazole rings is 1. The van der Waals surface area contributed by atoms with Crippen molar-refractivity contribution in [1.29, 1.82) is 0 Å². The van der Waals surface area contributed by atoms with E-state index in [0.29, 0.717) is 19.6 Å². The number of nitro benzene ring substituents is 1. The summed E-state index contributed by atoms with van der Waals surface area (Å²) in [5, 5.41) is 11.3. The second-order valence-corrected chi connectivity index (χ2v) is 12.0. The van der Waals surface area contributed by atoms with Gasteiger partial charge in [-0.25, -0.2) is 4.98 Å². The average Bonchev–Trinajstić information content (AvgIpc) is 3.39. The quantitative estimate of drug-likeness (QED) is 0.195. The lowest BCUT2D eigenvalue weighted by Gasteiger charge is -2.38. The molecule has 0 spiro atoms. The number of methoxy groups -OCH3 is 1. The molecule has 0 bridgehead atoms. The summed E-state index contributed by atoms with van der Waals surface area (Å²) in [6, 6.07) is 17.3. The number of carbonyl (C=O) groups is 1. The van der Waals surface area contributed by atoms with Gasteiger partial charge < -0.3 is 14.0 Å². The van der Waals surface area contributed by atoms with Crippen LogP contribution in [0.4, 0.5) is 5.69 Å². The van der Waals surface area contributed by atoms with Gasteiger partial charge in [-0.15, -0.1) is 0 Å². The molecular weight excluding hydrogens is 542 g/mol. The predicted molar refractivity (Wildman–Crippen MR) is 167 cm³/mol. The van der Waals surface area contributed by atoms with Crippen LogP contribution in [0.15, 0.2) is 60.8 Å². The van der Waals surface area contributed by atoms with Crippen LogP contribution in [0.25, 0.3) is 28.0 Å². The summed E-state index contributed by atoms with van der Waals surface area (Å²) in [5.74, 6) is 0.321. The number of nitro groups is 1. The highest BCUT2D eigenvalue weighted by atomic mass is 16.6. The van der Waals surface area contributed by atoms with Gasteiger partial charge in [0.15, 0.2) is 0 Å². The van der Waals surface area contributed by atoms with Gasteiger partial charge in [0, 0.05) is 69.6 Å². The molecule has 0 N–H and O–H groups in total. The molecule has 0 unspecified atom stereocenters. The number of benzene rings is 2. The molecule has 224 valence electrons. The molecule has 2 aromatic carbocycles. The molecular formula is C34H39N5O4. The summed E-state index contributed by atoms with van der Waals surface area (Å²) in [6.45, 7) is 7.83. The molecule has 2 aliphatic rings. The van der Waals surface area contributed by atoms with Crippen LogP contribution >= 0.6 is 0 Å². The molecule has 4 aromatic rings. The summed E-state index contributed by atoms with van der Waals surface area (Å²) < 4.78 is 7.73. The third-order valence-electron chi connectivity index (χ3n) is 9.14. The maximum atomic E-state index is 13.3. The van der Waals surface area contributed by atoms with Gasteiger partial charge >= 0.3 is 0 Å². The number of amides is 1. The van der Waals surface area contributed by atoms with E-state index in [0.717, 1.165) is 66.9 Å². The zero-order valence-electron chi connectivity index (χ0n) is 25.2. The first-order valence-corrected chi connectivity index (χ1v) is 15.2. The van der Waals surface area contributed by atoms with E-state index in [2.05, 4.69) is 53.6 Å². The van der Waals surface area contributed by atoms with Crippen LogP contribution in [0.5, 0.6) is 0 Å². The van der Waals surface area contributed by atoms with E-state index >= 15 is 0 Å². The third-order valence-corrected chi connectivity index (χ3v) is 9.14. The lowest BCUT2D eigenvalue weighted by Crippen LogP contribution is -2.50. The maximum Gasteiger partial charge on any atom is 0.269 e. The Balaban J connectivity index is 1.29. The Morgan fingerprint density at radius 3 is 2.47 bits per heavy atom. The second-order valence-electron chi connectivity index (χ2n) is 12.0. The Bertz CT molecular complexity index is 1640. The van der Waals surface area contributed by atoms with Gasteiger partial charge in [0.1, 0.15) is 5.65 Å². The minimum absolute atomic E-state index is 0.0567. The minimum atomic E-state index is -0.381. The van der Waals surface area contributed by atoms with E-state index in [4.69, 9.17) is 9.72 Å². The summed E-state index contributed by atoms with van der Waals surface area (Å²) in [4.78, 5) is 33.7. The summed E-state index contributed by atoms with van der Waals surface area (Å²) in [6.07, 6.45) is 6.18. The fourth-order valence-corrected chi connectivity index (χ4v) is 6.60. The van der Waals surface area contributed by atoms with Crippen molar-refractivity contribution in [3.63, 3.8) is 0 Å². The Hall–Kier alpha value is -4.08. The van der Waals surface area contributed by atoms with Crippen molar-refractivity contribution in [3.05, 3.63) is 87.7 Å². The average molecular weight is 582 g/mol. The zero-order chi connectivity index (χ0) is 30.1. The zero-order valence-corrected chi connectivity index (χ0v) is 25.2. The van der Waals surface area contributed by atoms with E-state index in [9.17, 15) is 14.9 Å². The molecule has 0 radical (unpaired) electrons. The van der Waals surface area contributed by atoms with Crippen LogP contribution in [0.3, 0.4) is 0 Å². The van der Waals surface area contributed by atoms with Crippen LogP contribution in [-0.2, 0) is 16.1 Å². The Morgan fingerprint density at radius 1 is 1.00 bits per heavy atom. The number of aryl methyl sites for hydroxylation is 2. The molecule has 1 amide bonds. The van der Waals surface area contributed by atoms with Gasteiger partial charge in [0.05, 0.1) is 22.4 Å². The van der Waals surface area contributed by atoms with Crippen LogP contribution in [-0.4, -0.2) is 69.4 Å². The number of nitrogens with zero attached hydrogens (tertiary/aromatic N) is 5. The number of piperazine rings is 1. The minimum Gasteiger partial charge on any atom is -0.381 e. The van der Waals surface area contributed by atoms with Crippen molar-refractivity contribution in [2.75, 3.05) is 33.3 Å². The van der Waals surface area contributed by atoms with Crippen LogP contribution in [0.2, 0.25) is 0 Å². The molecule has 1 saturated carbocycles. The fourth-order valence-electron chi connectivity index (χ4n) is 6.60. The van der Waals surface area contributed by atoms with Gasteiger partial charge in [0.2, 0.25) is 5.91 Å². The third kappa shape index (κ3) is 6.05. The smallest absolute Gasteiger partial charge is 0.269 e. The van der Waals surface area contributed by atoms with Crippen molar-refractivity contribution >= 4 is 17.2 Å². The van der Waals surface area contributed by atoms with Gasteiger partial charge in [-0.1, -0.05) is 30.2 Å². The first-order chi connectivity index (χ1) is 20.8. The first kappa shape index (κ1) is 29.0. The molecule has 1 aliphatic heterocycles. The van der Waals surface area contributed by atoms with E-state index in [1.54, 1.807) is 19.2 Å². The van der Waals surface area contributed by atoms with Crippen molar-refractivity contribution in [1.82, 2.24) is 19.2 Å². The van der Waals surface area contributed by atoms with Gasteiger partial charge in [-0.3, -0.25) is 19.8 Å². The molecule has 43 heavy (non-hydrogen) atoms. The fraction of sp³-hybridized carbons (Fsp3) is 0.412. The number of non-ortho nitro benzene ring substituents is 1. The Morgan fingerprint density at radius 2 is 1.74 bits per heavy atom. The van der Waals surface area contributed by atoms with Crippen molar-refractivity contribution < 1.29 is 14.5 Å². The lowest BCUT2D eigenvalue weighted by atomic mass is 9.86. The summed E-state index contributed by atoms with van der Waals surface area (Å²) >= 11 is 0. The number of carbonyl (C=O) groups excluding carboxylic acids is 1. The number of fused-ring (bicyclic) bond motifs is 1. The van der Waals surface area contributed by atoms with Crippen molar-refractivity contribution in [2.24, 2.45) is 5.92 Å². The topological polar surface area (TPSA) is 93.2 Å². The summed E-state index contributed by atoms with van der Waals surface area (Å²) in [7, 11) is 1.74. The monoisotopic (exact) mass is 581 g/mol. The van der Waals surface area contributed by atoms with Gasteiger partial charge in [-0.05, 0) is 74.1 Å². The molecule has 9 heteroatoms. The number of hydrogen-bond donors (Lipinski definition) is 0. The standard InChI is InChI=1S/C34H39N5O4/c1-23-7-8-24(2)30(19-23)27-11-14-32-35-33(25-9-12-28(13-10-25)39(41)42)31(38(32)21-27)22-36-15-17-37(18-16-36)34(40)26-5-4-6-29(20-26)43-3/h7-14,19,21,26,29H,4-6,15-18,20,22H2,1-3H3/t26-,29+/m0/s1. The maximum absolute atomic E-state index is 13.3. The van der Waals surface area contributed by atoms with Gasteiger partial charge in [0.25, 0.3) is 5.69 Å². The van der Waals surface area contributed by atoms with E-state index in [1.165, 1.54) is 28.8 Å². The predicted octanol–water partition coefficient (Wildman–Crippen LogP) is 6.04. The number of rotatable bonds is 7. The lowest BCUT2D eigenvalue weighted by molar-refractivity contribution is -0.384. The Kier molecular flexibility index (Phi) is 8.27. The van der Waals surface area contributed by atoms with E-state index in [-0.39, 0.29) is 28.5 Å². The molecule has 2 fully saturated rings. The number of pyridine rings is 1. The molecule has 3 heterocycles. The van der Waals surface area contributed by atoms with Crippen molar-refractivity contribution in [2.45, 2.75) is 52.2 Å². The molecule has 1 saturated heterocycles. The SMILES string of the molecule is CO[C@@H]1CCC[C@H](C(=O)N2CCN(Cc3c(-c4ccc([N+](=O)[O-])cc4)nc4ccc(-c5cc(C)ccc5C)cn34)CC2)C1. The van der Waals surface area contributed by atoms with Gasteiger partial charge in [-0.2, -0.15) is 0 Å². The normalized spacial score (nSPS) is 19.6. The Labute approximate surface area is 252 Å². The highest BCUT2D eigenvalue weighted by Gasteiger charge is 2.32. The highest BCUT2D eigenvalue weighted by molar-refractivity contribution is 5.79.